The quantitative estimate of drug-likeness (QED) is 0.414. The highest BCUT2D eigenvalue weighted by Gasteiger charge is 2.70. The number of carbonyl (C=O) groups is 3. The number of halogens is 1. The Morgan fingerprint density at radius 1 is 1.10 bits per heavy atom. The highest BCUT2D eigenvalue weighted by Crippen LogP contribution is 2.54. The summed E-state index contributed by atoms with van der Waals surface area (Å²) in [5.41, 5.74) is -2.00. The van der Waals surface area contributed by atoms with Crippen LogP contribution in [0.25, 0.3) is 0 Å². The first-order valence-electron chi connectivity index (χ1n) is 8.95. The van der Waals surface area contributed by atoms with Crippen molar-refractivity contribution in [1.82, 2.24) is 4.90 Å². The van der Waals surface area contributed by atoms with Gasteiger partial charge in [0.25, 0.3) is 0 Å². The molecule has 0 aromatic heterocycles. The van der Waals surface area contributed by atoms with E-state index in [9.17, 15) is 24.0 Å². The van der Waals surface area contributed by atoms with Crippen LogP contribution in [0.1, 0.15) is 11.5 Å². The van der Waals surface area contributed by atoms with E-state index in [1.807, 2.05) is 6.07 Å². The Labute approximate surface area is 172 Å². The first-order chi connectivity index (χ1) is 14.4. The van der Waals surface area contributed by atoms with Crippen LogP contribution in [-0.4, -0.2) is 56.2 Å². The summed E-state index contributed by atoms with van der Waals surface area (Å²) in [5.74, 6) is -4.59. The van der Waals surface area contributed by atoms with E-state index in [1.54, 1.807) is 0 Å². The van der Waals surface area contributed by atoms with Crippen LogP contribution in [0, 0.1) is 22.6 Å². The van der Waals surface area contributed by atoms with Crippen molar-refractivity contribution in [3.63, 3.8) is 0 Å². The molecule has 0 radical (unpaired) electrons. The molecule has 2 heterocycles. The zero-order valence-corrected chi connectivity index (χ0v) is 16.5. The number of benzene rings is 1. The summed E-state index contributed by atoms with van der Waals surface area (Å²) in [6.45, 7) is 0. The predicted molar refractivity (Wildman–Crippen MR) is 99.9 cm³/mol. The number of nitriles is 1. The van der Waals surface area contributed by atoms with E-state index in [0.717, 1.165) is 14.2 Å². The highest BCUT2D eigenvalue weighted by molar-refractivity contribution is 6.04. The molecule has 3 atom stereocenters. The van der Waals surface area contributed by atoms with Crippen LogP contribution in [0.4, 0.5) is 4.39 Å². The number of carbonyl (C=O) groups excluding carboxylic acids is 3. The van der Waals surface area contributed by atoms with Crippen molar-refractivity contribution >= 4 is 17.9 Å². The van der Waals surface area contributed by atoms with E-state index in [2.05, 4.69) is 0 Å². The first-order valence-corrected chi connectivity index (χ1v) is 8.95. The number of ether oxygens (including phenoxy) is 3. The zero-order chi connectivity index (χ0) is 22.1. The molecule has 1 unspecified atom stereocenters. The molecule has 1 fully saturated rings. The second kappa shape index (κ2) is 7.99. The monoisotopic (exact) mass is 414 g/mol. The van der Waals surface area contributed by atoms with Crippen LogP contribution >= 0.6 is 0 Å². The third kappa shape index (κ3) is 2.84. The maximum absolute atomic E-state index is 14.8. The van der Waals surface area contributed by atoms with Gasteiger partial charge in [-0.15, -0.1) is 0 Å². The minimum atomic E-state index is -2.08. The minimum Gasteiger partial charge on any atom is -0.468 e. The van der Waals surface area contributed by atoms with Gasteiger partial charge in [0.05, 0.1) is 44.9 Å². The summed E-state index contributed by atoms with van der Waals surface area (Å²) in [7, 11) is 3.39. The smallest absolute Gasteiger partial charge is 0.339 e. The van der Waals surface area contributed by atoms with Crippen LogP contribution in [0.5, 0.6) is 0 Å². The third-order valence-electron chi connectivity index (χ3n) is 5.50. The summed E-state index contributed by atoms with van der Waals surface area (Å²) in [6.07, 6.45) is 4.13. The van der Waals surface area contributed by atoms with Crippen LogP contribution < -0.4 is 0 Å². The Morgan fingerprint density at radius 2 is 1.73 bits per heavy atom. The highest BCUT2D eigenvalue weighted by atomic mass is 19.1. The maximum atomic E-state index is 14.8. The largest absolute Gasteiger partial charge is 0.468 e. The molecule has 156 valence electrons. The molecule has 1 saturated heterocycles. The lowest BCUT2D eigenvalue weighted by molar-refractivity contribution is -0.171. The number of methoxy groups -OCH3 is 3. The van der Waals surface area contributed by atoms with Gasteiger partial charge in [-0.1, -0.05) is 24.3 Å². The van der Waals surface area contributed by atoms with Gasteiger partial charge in [-0.3, -0.25) is 9.59 Å². The molecule has 30 heavy (non-hydrogen) atoms. The Bertz CT molecular complexity index is 979. The Hall–Kier alpha value is -3.67. The molecule has 0 N–H and O–H groups in total. The van der Waals surface area contributed by atoms with Crippen molar-refractivity contribution in [3.05, 3.63) is 59.6 Å². The SMILES string of the molecule is COC(=O)C1=CN2C(C=C1)C(C(=O)OC)(C(=O)OC)[C@@H](c1ccccc1F)[C@@H]2C#N. The Balaban J connectivity index is 2.33. The number of esters is 3. The number of nitrogens with zero attached hydrogens (tertiary/aromatic N) is 2. The van der Waals surface area contributed by atoms with Crippen molar-refractivity contribution in [1.29, 1.82) is 5.26 Å². The predicted octanol–water partition coefficient (Wildman–Crippen LogP) is 1.44. The third-order valence-corrected chi connectivity index (χ3v) is 5.50. The Kier molecular flexibility index (Phi) is 5.60. The maximum Gasteiger partial charge on any atom is 0.339 e. The molecule has 0 bridgehead atoms. The summed E-state index contributed by atoms with van der Waals surface area (Å²) in [5, 5.41) is 9.96. The van der Waals surface area contributed by atoms with Gasteiger partial charge in [-0.05, 0) is 17.7 Å². The standard InChI is InChI=1S/C21H19FN2O6/c1-28-18(25)12-8-9-16-21(19(26)29-2,20(27)30-3)17(15(10-23)24(16)11-12)13-6-4-5-7-14(13)22/h4-9,11,15-17H,1-3H3/t15-,16?,17-/m0/s1. The minimum absolute atomic E-state index is 0.0179. The van der Waals surface area contributed by atoms with Crippen LogP contribution in [0.3, 0.4) is 0 Å². The average molecular weight is 414 g/mol. The van der Waals surface area contributed by atoms with Crippen molar-refractivity contribution in [3.8, 4) is 6.07 Å². The molecule has 0 aliphatic carbocycles. The van der Waals surface area contributed by atoms with Gasteiger partial charge in [0, 0.05) is 6.20 Å². The molecule has 9 heteroatoms. The zero-order valence-electron chi connectivity index (χ0n) is 16.5. The molecule has 8 nitrogen and oxygen atoms in total. The fraction of sp³-hybridized carbons (Fsp3) is 0.333. The fourth-order valence-corrected chi connectivity index (χ4v) is 4.26. The van der Waals surface area contributed by atoms with Gasteiger partial charge in [-0.2, -0.15) is 5.26 Å². The van der Waals surface area contributed by atoms with E-state index < -0.39 is 47.1 Å². The van der Waals surface area contributed by atoms with Crippen molar-refractivity contribution in [2.24, 2.45) is 5.41 Å². The van der Waals surface area contributed by atoms with E-state index in [0.29, 0.717) is 0 Å². The van der Waals surface area contributed by atoms with Crippen LogP contribution in [0.2, 0.25) is 0 Å². The molecular formula is C21H19FN2O6. The average Bonchev–Trinajstić information content (AvgIpc) is 3.07. The van der Waals surface area contributed by atoms with Crippen LogP contribution in [0.15, 0.2) is 48.2 Å². The molecule has 0 saturated carbocycles. The molecular weight excluding hydrogens is 395 g/mol. The molecule has 3 rings (SSSR count). The molecule has 2 aliphatic rings. The van der Waals surface area contributed by atoms with E-state index in [1.165, 1.54) is 54.6 Å². The number of rotatable bonds is 4. The normalized spacial score (nSPS) is 23.6. The first kappa shape index (κ1) is 21.0. The van der Waals surface area contributed by atoms with E-state index in [4.69, 9.17) is 14.2 Å². The summed E-state index contributed by atoms with van der Waals surface area (Å²) >= 11 is 0. The van der Waals surface area contributed by atoms with Gasteiger partial charge in [-0.25, -0.2) is 9.18 Å². The molecule has 0 amide bonds. The summed E-state index contributed by atoms with van der Waals surface area (Å²) in [6, 6.07) is 5.37. The molecule has 1 aromatic rings. The van der Waals surface area contributed by atoms with Crippen LogP contribution in [-0.2, 0) is 28.6 Å². The second-order valence-electron chi connectivity index (χ2n) is 6.75. The lowest BCUT2D eigenvalue weighted by Crippen LogP contribution is -2.52. The van der Waals surface area contributed by atoms with Crippen molar-refractivity contribution < 1.29 is 33.0 Å². The summed E-state index contributed by atoms with van der Waals surface area (Å²) < 4.78 is 29.4. The van der Waals surface area contributed by atoms with E-state index >= 15 is 0 Å². The second-order valence-corrected chi connectivity index (χ2v) is 6.75. The lowest BCUT2D eigenvalue weighted by atomic mass is 9.67. The van der Waals surface area contributed by atoms with Gasteiger partial charge in [0.2, 0.25) is 0 Å². The lowest BCUT2D eigenvalue weighted by Gasteiger charge is -2.34. The number of fused-ring (bicyclic) bond motifs is 1. The van der Waals surface area contributed by atoms with Crippen molar-refractivity contribution in [2.75, 3.05) is 21.3 Å². The Morgan fingerprint density at radius 3 is 2.27 bits per heavy atom. The molecule has 1 aromatic carbocycles. The van der Waals surface area contributed by atoms with Crippen molar-refractivity contribution in [2.45, 2.75) is 18.0 Å². The molecule has 2 aliphatic heterocycles. The van der Waals surface area contributed by atoms with Gasteiger partial charge < -0.3 is 19.1 Å². The topological polar surface area (TPSA) is 106 Å². The number of hydrogen-bond donors (Lipinski definition) is 0. The fourth-order valence-electron chi connectivity index (χ4n) is 4.26. The number of hydrogen-bond acceptors (Lipinski definition) is 8. The summed E-state index contributed by atoms with van der Waals surface area (Å²) in [4.78, 5) is 39.6. The van der Waals surface area contributed by atoms with Gasteiger partial charge >= 0.3 is 17.9 Å². The van der Waals surface area contributed by atoms with E-state index in [-0.39, 0.29) is 11.1 Å². The molecule has 0 spiro atoms. The van der Waals surface area contributed by atoms with Gasteiger partial charge in [0.15, 0.2) is 5.41 Å². The van der Waals surface area contributed by atoms with Gasteiger partial charge in [0.1, 0.15) is 11.9 Å².